The average Bonchev–Trinajstić information content (AvgIpc) is 2.98. The molecule has 1 aliphatic rings. The monoisotopic (exact) mass is 358 g/mol. The van der Waals surface area contributed by atoms with Crippen LogP contribution >= 0.6 is 39.3 Å². The third kappa shape index (κ3) is 2.81. The lowest BCUT2D eigenvalue weighted by Gasteiger charge is -2.14. The number of hydrogen-bond donors (Lipinski definition) is 0. The second kappa shape index (κ2) is 5.66. The van der Waals surface area contributed by atoms with Gasteiger partial charge in [0.05, 0.1) is 16.4 Å². The lowest BCUT2D eigenvalue weighted by Crippen LogP contribution is -2.13. The van der Waals surface area contributed by atoms with Crippen LogP contribution in [0.1, 0.15) is 31.0 Å². The summed E-state index contributed by atoms with van der Waals surface area (Å²) < 4.78 is 3.40. The molecule has 0 spiro atoms. The van der Waals surface area contributed by atoms with E-state index in [0.717, 1.165) is 22.4 Å². The van der Waals surface area contributed by atoms with Crippen LogP contribution in [-0.4, -0.2) is 20.6 Å². The van der Waals surface area contributed by atoms with Crippen molar-refractivity contribution in [1.29, 1.82) is 0 Å². The fraction of sp³-hybridized carbons (Fsp3) is 0.500. The highest BCUT2D eigenvalue weighted by molar-refractivity contribution is 9.10. The van der Waals surface area contributed by atoms with Crippen molar-refractivity contribution in [2.75, 3.05) is 5.75 Å². The van der Waals surface area contributed by atoms with Crippen LogP contribution in [0.25, 0.3) is 11.0 Å². The summed E-state index contributed by atoms with van der Waals surface area (Å²) in [7, 11) is 0. The number of halogens is 2. The van der Waals surface area contributed by atoms with E-state index in [9.17, 15) is 0 Å². The highest BCUT2D eigenvalue weighted by Crippen LogP contribution is 2.32. The number of hydrogen-bond acceptors (Lipinski definition) is 2. The SMILES string of the molecule is CC(Cl)c1nc2ccc(Br)cc2n1CC1CCCS1. The quantitative estimate of drug-likeness (QED) is 0.718. The van der Waals surface area contributed by atoms with Crippen molar-refractivity contribution in [3.05, 3.63) is 28.5 Å². The van der Waals surface area contributed by atoms with E-state index in [0.29, 0.717) is 5.25 Å². The van der Waals surface area contributed by atoms with Crippen LogP contribution in [0.3, 0.4) is 0 Å². The van der Waals surface area contributed by atoms with Crippen LogP contribution in [0.5, 0.6) is 0 Å². The summed E-state index contributed by atoms with van der Waals surface area (Å²) in [4.78, 5) is 4.70. The molecule has 2 nitrogen and oxygen atoms in total. The second-order valence-corrected chi connectivity index (χ2v) is 7.94. The molecule has 0 amide bonds. The fourth-order valence-electron chi connectivity index (χ4n) is 2.60. The maximum Gasteiger partial charge on any atom is 0.127 e. The molecule has 0 saturated carbocycles. The molecule has 0 bridgehead atoms. The van der Waals surface area contributed by atoms with Crippen LogP contribution in [-0.2, 0) is 6.54 Å². The van der Waals surface area contributed by atoms with Crippen LogP contribution in [0.15, 0.2) is 22.7 Å². The molecule has 2 aromatic rings. The fourth-order valence-corrected chi connectivity index (χ4v) is 4.37. The minimum Gasteiger partial charge on any atom is -0.326 e. The van der Waals surface area contributed by atoms with Crippen molar-refractivity contribution >= 4 is 50.3 Å². The maximum atomic E-state index is 6.30. The molecule has 1 fully saturated rings. The number of rotatable bonds is 3. The Labute approximate surface area is 131 Å². The Bertz CT molecular complexity index is 590. The predicted molar refractivity (Wildman–Crippen MR) is 87.2 cm³/mol. The zero-order valence-electron chi connectivity index (χ0n) is 10.8. The molecule has 3 rings (SSSR count). The number of fused-ring (bicyclic) bond motifs is 1. The largest absolute Gasteiger partial charge is 0.326 e. The van der Waals surface area contributed by atoms with Crippen molar-refractivity contribution in [2.45, 2.75) is 36.9 Å². The van der Waals surface area contributed by atoms with Crippen molar-refractivity contribution in [3.8, 4) is 0 Å². The summed E-state index contributed by atoms with van der Waals surface area (Å²) in [5.41, 5.74) is 2.22. The average molecular weight is 360 g/mol. The first kappa shape index (κ1) is 13.8. The lowest BCUT2D eigenvalue weighted by atomic mass is 10.2. The van der Waals surface area contributed by atoms with Gasteiger partial charge >= 0.3 is 0 Å². The molecule has 1 aliphatic heterocycles. The lowest BCUT2D eigenvalue weighted by molar-refractivity contribution is 0.623. The van der Waals surface area contributed by atoms with Gasteiger partial charge in [-0.3, -0.25) is 0 Å². The van der Waals surface area contributed by atoms with E-state index >= 15 is 0 Å². The van der Waals surface area contributed by atoms with Gasteiger partial charge in [0.25, 0.3) is 0 Å². The Kier molecular flexibility index (Phi) is 4.11. The summed E-state index contributed by atoms with van der Waals surface area (Å²) in [6.45, 7) is 3.01. The minimum atomic E-state index is -0.0578. The van der Waals surface area contributed by atoms with Gasteiger partial charge in [0.15, 0.2) is 0 Å². The van der Waals surface area contributed by atoms with Crippen LogP contribution < -0.4 is 0 Å². The van der Waals surface area contributed by atoms with E-state index in [1.165, 1.54) is 24.1 Å². The van der Waals surface area contributed by atoms with E-state index in [-0.39, 0.29) is 5.38 Å². The first-order chi connectivity index (χ1) is 9.15. The number of thioether (sulfide) groups is 1. The van der Waals surface area contributed by atoms with Gasteiger partial charge in [0, 0.05) is 16.3 Å². The van der Waals surface area contributed by atoms with E-state index in [2.05, 4.69) is 44.4 Å². The number of benzene rings is 1. The van der Waals surface area contributed by atoms with E-state index in [1.54, 1.807) is 0 Å². The van der Waals surface area contributed by atoms with Gasteiger partial charge in [-0.25, -0.2) is 4.98 Å². The molecule has 2 atom stereocenters. The summed E-state index contributed by atoms with van der Waals surface area (Å²) >= 11 is 11.9. The Morgan fingerprint density at radius 1 is 1.58 bits per heavy atom. The first-order valence-corrected chi connectivity index (χ1v) is 8.84. The summed E-state index contributed by atoms with van der Waals surface area (Å²) in [6, 6.07) is 6.23. The molecule has 0 N–H and O–H groups in total. The first-order valence-electron chi connectivity index (χ1n) is 6.56. The maximum absolute atomic E-state index is 6.30. The zero-order valence-corrected chi connectivity index (χ0v) is 13.9. The predicted octanol–water partition coefficient (Wildman–Crippen LogP) is 4.99. The molecular weight excluding hydrogens is 344 g/mol. The molecule has 19 heavy (non-hydrogen) atoms. The van der Waals surface area contributed by atoms with E-state index < -0.39 is 0 Å². The number of imidazole rings is 1. The molecule has 1 saturated heterocycles. The van der Waals surface area contributed by atoms with E-state index in [1.807, 2.05) is 13.0 Å². The Balaban J connectivity index is 2.06. The highest BCUT2D eigenvalue weighted by atomic mass is 79.9. The molecule has 2 unspecified atom stereocenters. The van der Waals surface area contributed by atoms with Crippen LogP contribution in [0, 0.1) is 0 Å². The van der Waals surface area contributed by atoms with Gasteiger partial charge in [-0.05, 0) is 43.7 Å². The highest BCUT2D eigenvalue weighted by Gasteiger charge is 2.21. The van der Waals surface area contributed by atoms with Crippen LogP contribution in [0.4, 0.5) is 0 Å². The molecule has 0 aliphatic carbocycles. The third-order valence-electron chi connectivity index (χ3n) is 3.51. The van der Waals surface area contributed by atoms with Gasteiger partial charge < -0.3 is 4.57 Å². The minimum absolute atomic E-state index is 0.0578. The number of alkyl halides is 1. The van der Waals surface area contributed by atoms with Crippen LogP contribution in [0.2, 0.25) is 0 Å². The van der Waals surface area contributed by atoms with Crippen molar-refractivity contribution in [2.24, 2.45) is 0 Å². The molecule has 102 valence electrons. The molecule has 1 aromatic carbocycles. The van der Waals surface area contributed by atoms with Gasteiger partial charge in [-0.15, -0.1) is 11.6 Å². The Morgan fingerprint density at radius 3 is 3.11 bits per heavy atom. The number of aromatic nitrogens is 2. The van der Waals surface area contributed by atoms with Gasteiger partial charge in [-0.1, -0.05) is 15.9 Å². The standard InChI is InChI=1S/C14H16BrClN2S/c1-9(16)14-17-12-5-4-10(15)7-13(12)18(14)8-11-3-2-6-19-11/h4-5,7,9,11H,2-3,6,8H2,1H3. The smallest absolute Gasteiger partial charge is 0.127 e. The zero-order chi connectivity index (χ0) is 13.4. The molecule has 0 radical (unpaired) electrons. The third-order valence-corrected chi connectivity index (χ3v) is 5.57. The van der Waals surface area contributed by atoms with Gasteiger partial charge in [0.2, 0.25) is 0 Å². The second-order valence-electron chi connectivity index (χ2n) is 4.96. The molecule has 2 heterocycles. The van der Waals surface area contributed by atoms with Crippen molar-refractivity contribution in [3.63, 3.8) is 0 Å². The molecule has 1 aromatic heterocycles. The van der Waals surface area contributed by atoms with E-state index in [4.69, 9.17) is 16.6 Å². The summed E-state index contributed by atoms with van der Waals surface area (Å²) in [5.74, 6) is 2.27. The summed E-state index contributed by atoms with van der Waals surface area (Å²) in [5, 5.41) is 0.642. The molecule has 5 heteroatoms. The number of nitrogens with zero attached hydrogens (tertiary/aromatic N) is 2. The summed E-state index contributed by atoms with van der Waals surface area (Å²) in [6.07, 6.45) is 2.63. The topological polar surface area (TPSA) is 17.8 Å². The Morgan fingerprint density at radius 2 is 2.42 bits per heavy atom. The Hall–Kier alpha value is -0.190. The van der Waals surface area contributed by atoms with Crippen molar-refractivity contribution in [1.82, 2.24) is 9.55 Å². The van der Waals surface area contributed by atoms with Gasteiger partial charge in [-0.2, -0.15) is 11.8 Å². The van der Waals surface area contributed by atoms with Gasteiger partial charge in [0.1, 0.15) is 5.82 Å². The molecular formula is C14H16BrClN2S. The van der Waals surface area contributed by atoms with Crippen molar-refractivity contribution < 1.29 is 0 Å². The normalized spacial score (nSPS) is 21.1.